The number of carbonyl (C=O) groups excluding carboxylic acids is 1. The highest BCUT2D eigenvalue weighted by Gasteiger charge is 2.38. The molecule has 0 heterocycles. The zero-order chi connectivity index (χ0) is 13.0. The predicted molar refractivity (Wildman–Crippen MR) is 65.2 cm³/mol. The first-order chi connectivity index (χ1) is 8.69. The number of esters is 1. The number of benzene rings is 1. The predicted octanol–water partition coefficient (Wildman–Crippen LogP) is 2.55. The maximum absolute atomic E-state index is 11.2. The van der Waals surface area contributed by atoms with E-state index < -0.39 is 0 Å². The Labute approximate surface area is 106 Å². The van der Waals surface area contributed by atoms with Crippen LogP contribution in [0.25, 0.3) is 0 Å². The van der Waals surface area contributed by atoms with Gasteiger partial charge in [-0.05, 0) is 37.1 Å². The number of methoxy groups -OCH3 is 1. The highest BCUT2D eigenvalue weighted by Crippen LogP contribution is 2.40. The van der Waals surface area contributed by atoms with Gasteiger partial charge in [-0.3, -0.25) is 0 Å². The Hall–Kier alpha value is -2.02. The monoisotopic (exact) mass is 245 g/mol. The Morgan fingerprint density at radius 3 is 2.50 bits per heavy atom. The number of ether oxygens (including phenoxy) is 2. The molecule has 1 fully saturated rings. The van der Waals surface area contributed by atoms with Crippen LogP contribution in [-0.4, -0.2) is 19.7 Å². The molecule has 4 heteroatoms. The average Bonchev–Trinajstić information content (AvgIpc) is 2.38. The van der Waals surface area contributed by atoms with Gasteiger partial charge in [-0.2, -0.15) is 5.26 Å². The van der Waals surface area contributed by atoms with Crippen molar-refractivity contribution in [2.24, 2.45) is 5.41 Å². The zero-order valence-corrected chi connectivity index (χ0v) is 10.3. The Bertz CT molecular complexity index is 469. The highest BCUT2D eigenvalue weighted by molar-refractivity contribution is 5.89. The average molecular weight is 245 g/mol. The fourth-order valence-corrected chi connectivity index (χ4v) is 1.92. The molecule has 0 aromatic heterocycles. The van der Waals surface area contributed by atoms with E-state index in [1.54, 1.807) is 24.3 Å². The summed E-state index contributed by atoms with van der Waals surface area (Å²) >= 11 is 0. The Morgan fingerprint density at radius 1 is 1.39 bits per heavy atom. The molecule has 0 saturated heterocycles. The zero-order valence-electron chi connectivity index (χ0n) is 10.3. The molecule has 0 spiro atoms. The SMILES string of the molecule is COC(=O)c1ccc(OCC2(C#N)CCC2)cc1. The number of hydrogen-bond acceptors (Lipinski definition) is 4. The summed E-state index contributed by atoms with van der Waals surface area (Å²) in [4.78, 5) is 11.2. The third kappa shape index (κ3) is 2.45. The van der Waals surface area contributed by atoms with E-state index in [1.807, 2.05) is 0 Å². The van der Waals surface area contributed by atoms with Crippen LogP contribution < -0.4 is 4.74 Å². The van der Waals surface area contributed by atoms with Gasteiger partial charge in [-0.1, -0.05) is 6.42 Å². The summed E-state index contributed by atoms with van der Waals surface area (Å²) in [5.74, 6) is 0.304. The molecule has 1 aliphatic rings. The van der Waals surface area contributed by atoms with Crippen LogP contribution in [0.3, 0.4) is 0 Å². The summed E-state index contributed by atoms with van der Waals surface area (Å²) in [6.45, 7) is 0.418. The second-order valence-corrected chi connectivity index (χ2v) is 4.55. The number of carbonyl (C=O) groups is 1. The van der Waals surface area contributed by atoms with Crippen LogP contribution in [0.4, 0.5) is 0 Å². The Balaban J connectivity index is 1.95. The van der Waals surface area contributed by atoms with Crippen LogP contribution in [0.5, 0.6) is 5.75 Å². The van der Waals surface area contributed by atoms with Gasteiger partial charge in [0.25, 0.3) is 0 Å². The molecule has 18 heavy (non-hydrogen) atoms. The number of nitriles is 1. The lowest BCUT2D eigenvalue weighted by Crippen LogP contribution is -2.34. The summed E-state index contributed by atoms with van der Waals surface area (Å²) in [6.07, 6.45) is 2.91. The van der Waals surface area contributed by atoms with Crippen molar-refractivity contribution >= 4 is 5.97 Å². The van der Waals surface area contributed by atoms with Crippen molar-refractivity contribution in [3.05, 3.63) is 29.8 Å². The number of rotatable bonds is 4. The Morgan fingerprint density at radius 2 is 2.06 bits per heavy atom. The van der Waals surface area contributed by atoms with Crippen molar-refractivity contribution in [1.29, 1.82) is 5.26 Å². The van der Waals surface area contributed by atoms with Gasteiger partial charge in [0, 0.05) is 0 Å². The Kier molecular flexibility index (Phi) is 3.52. The van der Waals surface area contributed by atoms with Crippen LogP contribution in [0, 0.1) is 16.7 Å². The van der Waals surface area contributed by atoms with Crippen molar-refractivity contribution in [2.45, 2.75) is 19.3 Å². The smallest absolute Gasteiger partial charge is 0.337 e. The standard InChI is InChI=1S/C14H15NO3/c1-17-13(16)11-3-5-12(6-4-11)18-10-14(9-15)7-2-8-14/h3-6H,2,7-8,10H2,1H3. The van der Waals surface area contributed by atoms with Gasteiger partial charge < -0.3 is 9.47 Å². The van der Waals surface area contributed by atoms with E-state index in [9.17, 15) is 4.79 Å². The van der Waals surface area contributed by atoms with Crippen molar-refractivity contribution in [3.63, 3.8) is 0 Å². The maximum Gasteiger partial charge on any atom is 0.337 e. The van der Waals surface area contributed by atoms with Gasteiger partial charge >= 0.3 is 5.97 Å². The lowest BCUT2D eigenvalue weighted by atomic mass is 9.71. The largest absolute Gasteiger partial charge is 0.492 e. The first-order valence-electron chi connectivity index (χ1n) is 5.91. The first-order valence-corrected chi connectivity index (χ1v) is 5.91. The molecule has 1 aromatic carbocycles. The summed E-state index contributed by atoms with van der Waals surface area (Å²) < 4.78 is 10.2. The van der Waals surface area contributed by atoms with Gasteiger partial charge in [-0.25, -0.2) is 4.79 Å². The molecular formula is C14H15NO3. The van der Waals surface area contributed by atoms with E-state index in [0.717, 1.165) is 19.3 Å². The molecule has 0 radical (unpaired) electrons. The minimum Gasteiger partial charge on any atom is -0.492 e. The lowest BCUT2D eigenvalue weighted by molar-refractivity contribution is 0.0600. The van der Waals surface area contributed by atoms with E-state index in [0.29, 0.717) is 17.9 Å². The van der Waals surface area contributed by atoms with E-state index in [1.165, 1.54) is 7.11 Å². The van der Waals surface area contributed by atoms with Gasteiger partial charge in [0.2, 0.25) is 0 Å². The van der Waals surface area contributed by atoms with Crippen LogP contribution in [0.2, 0.25) is 0 Å². The number of hydrogen-bond donors (Lipinski definition) is 0. The third-order valence-electron chi connectivity index (χ3n) is 3.34. The third-order valence-corrected chi connectivity index (χ3v) is 3.34. The van der Waals surface area contributed by atoms with Crippen LogP contribution in [0.15, 0.2) is 24.3 Å². The molecule has 1 aliphatic carbocycles. The normalized spacial score (nSPS) is 16.2. The minimum absolute atomic E-state index is 0.305. The molecule has 0 N–H and O–H groups in total. The van der Waals surface area contributed by atoms with Gasteiger partial charge in [-0.15, -0.1) is 0 Å². The molecule has 1 saturated carbocycles. The second kappa shape index (κ2) is 5.09. The minimum atomic E-state index is -0.367. The molecule has 0 bridgehead atoms. The van der Waals surface area contributed by atoms with Crippen LogP contribution >= 0.6 is 0 Å². The molecule has 4 nitrogen and oxygen atoms in total. The quantitative estimate of drug-likeness (QED) is 0.765. The second-order valence-electron chi connectivity index (χ2n) is 4.55. The molecular weight excluding hydrogens is 230 g/mol. The number of nitrogens with zero attached hydrogens (tertiary/aromatic N) is 1. The van der Waals surface area contributed by atoms with E-state index in [-0.39, 0.29) is 11.4 Å². The topological polar surface area (TPSA) is 59.3 Å². The summed E-state index contributed by atoms with van der Waals surface area (Å²) in [6, 6.07) is 9.07. The van der Waals surface area contributed by atoms with Gasteiger partial charge in [0.15, 0.2) is 0 Å². The molecule has 2 rings (SSSR count). The molecule has 0 atom stereocenters. The van der Waals surface area contributed by atoms with Crippen molar-refractivity contribution in [3.8, 4) is 11.8 Å². The maximum atomic E-state index is 11.2. The van der Waals surface area contributed by atoms with E-state index >= 15 is 0 Å². The van der Waals surface area contributed by atoms with Gasteiger partial charge in [0.05, 0.1) is 24.2 Å². The van der Waals surface area contributed by atoms with E-state index in [2.05, 4.69) is 10.8 Å². The van der Waals surface area contributed by atoms with Crippen LogP contribution in [0.1, 0.15) is 29.6 Å². The van der Waals surface area contributed by atoms with E-state index in [4.69, 9.17) is 10.00 Å². The lowest BCUT2D eigenvalue weighted by Gasteiger charge is -2.34. The molecule has 0 aliphatic heterocycles. The summed E-state index contributed by atoms with van der Waals surface area (Å²) in [5, 5.41) is 9.07. The molecule has 0 amide bonds. The van der Waals surface area contributed by atoms with Crippen LogP contribution in [-0.2, 0) is 4.74 Å². The van der Waals surface area contributed by atoms with Gasteiger partial charge in [0.1, 0.15) is 12.4 Å². The first kappa shape index (κ1) is 12.4. The summed E-state index contributed by atoms with van der Waals surface area (Å²) in [7, 11) is 1.35. The van der Waals surface area contributed by atoms with Crippen molar-refractivity contribution in [2.75, 3.05) is 13.7 Å². The fourth-order valence-electron chi connectivity index (χ4n) is 1.92. The fraction of sp³-hybridized carbons (Fsp3) is 0.429. The highest BCUT2D eigenvalue weighted by atomic mass is 16.5. The summed E-state index contributed by atoms with van der Waals surface area (Å²) in [5.41, 5.74) is 0.185. The molecule has 1 aromatic rings. The van der Waals surface area contributed by atoms with Crippen molar-refractivity contribution in [1.82, 2.24) is 0 Å². The molecule has 94 valence electrons. The van der Waals surface area contributed by atoms with Crippen molar-refractivity contribution < 1.29 is 14.3 Å². The molecule has 0 unspecified atom stereocenters.